The molecule has 0 radical (unpaired) electrons. The van der Waals surface area contributed by atoms with Gasteiger partial charge in [0.05, 0.1) is 18.9 Å². The fourth-order valence-corrected chi connectivity index (χ4v) is 3.65. The topological polar surface area (TPSA) is 24.8 Å². The molecule has 0 saturated carbocycles. The van der Waals surface area contributed by atoms with Gasteiger partial charge < -0.3 is 4.74 Å². The van der Waals surface area contributed by atoms with Crippen LogP contribution in [-0.2, 0) is 0 Å². The SMILES string of the molecule is COc1ccc(C2CC(c3ccc(Br)cc3)=NN2c2c(F)c(F)cc(F)c2F)cc1. The molecule has 0 bridgehead atoms. The molecule has 3 nitrogen and oxygen atoms in total. The van der Waals surface area contributed by atoms with E-state index in [1.807, 2.05) is 12.1 Å². The van der Waals surface area contributed by atoms with E-state index >= 15 is 0 Å². The number of hydrazone groups is 1. The van der Waals surface area contributed by atoms with Crippen LogP contribution < -0.4 is 9.75 Å². The largest absolute Gasteiger partial charge is 0.497 e. The average Bonchev–Trinajstić information content (AvgIpc) is 3.18. The van der Waals surface area contributed by atoms with Crippen LogP contribution in [0.1, 0.15) is 23.6 Å². The lowest BCUT2D eigenvalue weighted by Crippen LogP contribution is -2.22. The fraction of sp³-hybridized carbons (Fsp3) is 0.136. The van der Waals surface area contributed by atoms with E-state index in [9.17, 15) is 17.6 Å². The summed E-state index contributed by atoms with van der Waals surface area (Å²) in [6.45, 7) is 0. The fourth-order valence-electron chi connectivity index (χ4n) is 3.38. The number of benzene rings is 3. The average molecular weight is 479 g/mol. The lowest BCUT2D eigenvalue weighted by molar-refractivity contribution is 0.414. The van der Waals surface area contributed by atoms with Gasteiger partial charge in [-0.05, 0) is 35.4 Å². The first-order chi connectivity index (χ1) is 14.4. The smallest absolute Gasteiger partial charge is 0.187 e. The van der Waals surface area contributed by atoms with Crippen molar-refractivity contribution in [1.29, 1.82) is 0 Å². The molecule has 0 amide bonds. The standard InChI is InChI=1S/C22H15BrF4N2O/c1-30-15-8-4-13(5-9-15)19-11-18(12-2-6-14(23)7-3-12)28-29(19)22-20(26)16(24)10-17(25)21(22)27/h2-10,19H,11H2,1H3. The Morgan fingerprint density at radius 2 is 1.53 bits per heavy atom. The van der Waals surface area contributed by atoms with Crippen LogP contribution in [0, 0.1) is 23.3 Å². The highest BCUT2D eigenvalue weighted by Gasteiger charge is 2.35. The van der Waals surface area contributed by atoms with Gasteiger partial charge in [0, 0.05) is 17.0 Å². The molecule has 1 aliphatic rings. The monoisotopic (exact) mass is 478 g/mol. The summed E-state index contributed by atoms with van der Waals surface area (Å²) in [6.07, 6.45) is 0.283. The predicted molar refractivity (Wildman–Crippen MR) is 110 cm³/mol. The van der Waals surface area contributed by atoms with Crippen molar-refractivity contribution in [3.05, 3.63) is 93.5 Å². The van der Waals surface area contributed by atoms with Gasteiger partial charge in [-0.2, -0.15) is 5.10 Å². The Morgan fingerprint density at radius 3 is 2.10 bits per heavy atom. The minimum Gasteiger partial charge on any atom is -0.497 e. The van der Waals surface area contributed by atoms with E-state index < -0.39 is 35.0 Å². The van der Waals surface area contributed by atoms with Crippen LogP contribution in [0.5, 0.6) is 5.75 Å². The molecule has 1 heterocycles. The molecular formula is C22H15BrF4N2O. The molecule has 0 fully saturated rings. The van der Waals surface area contributed by atoms with Crippen LogP contribution in [0.2, 0.25) is 0 Å². The summed E-state index contributed by atoms with van der Waals surface area (Å²) in [4.78, 5) is 0. The number of nitrogens with zero attached hydrogens (tertiary/aromatic N) is 2. The normalized spacial score (nSPS) is 16.0. The van der Waals surface area contributed by atoms with Crippen molar-refractivity contribution in [2.24, 2.45) is 5.10 Å². The van der Waals surface area contributed by atoms with E-state index in [2.05, 4.69) is 21.0 Å². The molecule has 30 heavy (non-hydrogen) atoms. The third-order valence-electron chi connectivity index (χ3n) is 4.91. The van der Waals surface area contributed by atoms with E-state index in [0.717, 1.165) is 15.0 Å². The molecule has 0 N–H and O–H groups in total. The molecule has 1 aliphatic heterocycles. The van der Waals surface area contributed by atoms with Crippen molar-refractivity contribution < 1.29 is 22.3 Å². The quantitative estimate of drug-likeness (QED) is 0.321. The Morgan fingerprint density at radius 1 is 0.933 bits per heavy atom. The van der Waals surface area contributed by atoms with Gasteiger partial charge in [-0.25, -0.2) is 17.6 Å². The zero-order chi connectivity index (χ0) is 21.4. The van der Waals surface area contributed by atoms with Gasteiger partial charge in [0.2, 0.25) is 0 Å². The number of anilines is 1. The van der Waals surface area contributed by atoms with Gasteiger partial charge in [-0.15, -0.1) is 0 Å². The summed E-state index contributed by atoms with van der Waals surface area (Å²) in [5.74, 6) is -5.35. The second kappa shape index (κ2) is 8.10. The molecule has 0 spiro atoms. The summed E-state index contributed by atoms with van der Waals surface area (Å²) in [6, 6.07) is 13.6. The Labute approximate surface area is 178 Å². The van der Waals surface area contributed by atoms with E-state index in [-0.39, 0.29) is 12.5 Å². The van der Waals surface area contributed by atoms with Crippen LogP contribution in [0.25, 0.3) is 0 Å². The predicted octanol–water partition coefficient (Wildman–Crippen LogP) is 6.37. The first-order valence-corrected chi connectivity index (χ1v) is 9.78. The highest BCUT2D eigenvalue weighted by Crippen LogP contribution is 2.40. The van der Waals surface area contributed by atoms with Crippen molar-refractivity contribution in [3.8, 4) is 5.75 Å². The first kappa shape index (κ1) is 20.4. The van der Waals surface area contributed by atoms with Gasteiger partial charge >= 0.3 is 0 Å². The molecule has 1 unspecified atom stereocenters. The van der Waals surface area contributed by atoms with E-state index in [1.165, 1.54) is 7.11 Å². The van der Waals surface area contributed by atoms with Crippen molar-refractivity contribution in [2.45, 2.75) is 12.5 Å². The molecule has 0 aliphatic carbocycles. The maximum atomic E-state index is 14.6. The number of rotatable bonds is 4. The number of halogens is 5. The second-order valence-electron chi connectivity index (χ2n) is 6.71. The van der Waals surface area contributed by atoms with Crippen molar-refractivity contribution in [3.63, 3.8) is 0 Å². The van der Waals surface area contributed by atoms with Gasteiger partial charge in [0.15, 0.2) is 23.3 Å². The maximum absolute atomic E-state index is 14.6. The molecule has 3 aromatic carbocycles. The molecular weight excluding hydrogens is 464 g/mol. The van der Waals surface area contributed by atoms with Crippen LogP contribution in [-0.4, -0.2) is 12.8 Å². The highest BCUT2D eigenvalue weighted by molar-refractivity contribution is 9.10. The number of hydrogen-bond acceptors (Lipinski definition) is 3. The number of ether oxygens (including phenoxy) is 1. The van der Waals surface area contributed by atoms with E-state index in [4.69, 9.17) is 4.74 Å². The second-order valence-corrected chi connectivity index (χ2v) is 7.62. The summed E-state index contributed by atoms with van der Waals surface area (Å²) >= 11 is 3.36. The zero-order valence-corrected chi connectivity index (χ0v) is 17.3. The third kappa shape index (κ3) is 3.67. The molecule has 3 aromatic rings. The molecule has 0 saturated heterocycles. The lowest BCUT2D eigenvalue weighted by Gasteiger charge is -2.25. The Bertz CT molecular complexity index is 1090. The summed E-state index contributed by atoms with van der Waals surface area (Å²) in [7, 11) is 1.52. The van der Waals surface area contributed by atoms with Gasteiger partial charge in [0.25, 0.3) is 0 Å². The Kier molecular flexibility index (Phi) is 5.51. The molecule has 0 aromatic heterocycles. The Balaban J connectivity index is 1.84. The summed E-state index contributed by atoms with van der Waals surface area (Å²) in [5, 5.41) is 5.36. The van der Waals surface area contributed by atoms with E-state index in [1.54, 1.807) is 36.4 Å². The number of methoxy groups -OCH3 is 1. The van der Waals surface area contributed by atoms with Crippen molar-refractivity contribution >= 4 is 27.3 Å². The lowest BCUT2D eigenvalue weighted by atomic mass is 9.98. The summed E-state index contributed by atoms with van der Waals surface area (Å²) < 4.78 is 62.9. The van der Waals surface area contributed by atoms with Crippen LogP contribution in [0.15, 0.2) is 64.2 Å². The van der Waals surface area contributed by atoms with Crippen molar-refractivity contribution in [1.82, 2.24) is 0 Å². The van der Waals surface area contributed by atoms with Crippen LogP contribution in [0.4, 0.5) is 23.2 Å². The van der Waals surface area contributed by atoms with Gasteiger partial charge in [0.1, 0.15) is 11.4 Å². The molecule has 8 heteroatoms. The van der Waals surface area contributed by atoms with Gasteiger partial charge in [-0.3, -0.25) is 5.01 Å². The van der Waals surface area contributed by atoms with Crippen LogP contribution in [0.3, 0.4) is 0 Å². The minimum absolute atomic E-state index is 0.186. The minimum atomic E-state index is -1.49. The summed E-state index contributed by atoms with van der Waals surface area (Å²) in [5.41, 5.74) is 1.07. The zero-order valence-electron chi connectivity index (χ0n) is 15.7. The van der Waals surface area contributed by atoms with Crippen LogP contribution >= 0.6 is 15.9 Å². The first-order valence-electron chi connectivity index (χ1n) is 8.98. The van der Waals surface area contributed by atoms with Crippen molar-refractivity contribution in [2.75, 3.05) is 12.1 Å². The maximum Gasteiger partial charge on any atom is 0.187 e. The molecule has 4 rings (SSSR count). The van der Waals surface area contributed by atoms with Gasteiger partial charge in [-0.1, -0.05) is 40.2 Å². The molecule has 1 atom stereocenters. The highest BCUT2D eigenvalue weighted by atomic mass is 79.9. The molecule has 154 valence electrons. The van der Waals surface area contributed by atoms with E-state index in [0.29, 0.717) is 17.0 Å². The third-order valence-corrected chi connectivity index (χ3v) is 5.43. The Hall–Kier alpha value is -2.87. The number of hydrogen-bond donors (Lipinski definition) is 0.